The summed E-state index contributed by atoms with van der Waals surface area (Å²) in [7, 11) is 0. The van der Waals surface area contributed by atoms with E-state index in [0.29, 0.717) is 13.2 Å². The van der Waals surface area contributed by atoms with Gasteiger partial charge in [0.05, 0.1) is 6.61 Å². The number of morpholine rings is 1. The van der Waals surface area contributed by atoms with Crippen LogP contribution in [0.1, 0.15) is 18.4 Å². The predicted molar refractivity (Wildman–Crippen MR) is 85.5 cm³/mol. The minimum Gasteiger partial charge on any atom is -0.366 e. The van der Waals surface area contributed by atoms with Crippen molar-refractivity contribution in [1.82, 2.24) is 15.5 Å². The highest BCUT2D eigenvalue weighted by Crippen LogP contribution is 2.14. The molecule has 1 atom stereocenters. The molecule has 2 fully saturated rings. The van der Waals surface area contributed by atoms with Gasteiger partial charge in [0.15, 0.2) is 0 Å². The Kier molecular flexibility index (Phi) is 5.43. The lowest BCUT2D eigenvalue weighted by molar-refractivity contribution is -0.135. The molecule has 2 aliphatic heterocycles. The SMILES string of the molecule is O=C(NC1CCN(Cc2ccccc2)CC1)C1CNCCO1. The van der Waals surface area contributed by atoms with E-state index >= 15 is 0 Å². The second-order valence-electron chi connectivity index (χ2n) is 6.11. The van der Waals surface area contributed by atoms with Gasteiger partial charge in [-0.1, -0.05) is 30.3 Å². The molecule has 0 bridgehead atoms. The maximum Gasteiger partial charge on any atom is 0.250 e. The smallest absolute Gasteiger partial charge is 0.250 e. The fourth-order valence-electron chi connectivity index (χ4n) is 3.10. The number of likely N-dealkylation sites (tertiary alicyclic amines) is 1. The molecule has 0 radical (unpaired) electrons. The number of carbonyl (C=O) groups excluding carboxylic acids is 1. The Bertz CT molecular complexity index is 466. The molecule has 120 valence electrons. The van der Waals surface area contributed by atoms with Crippen molar-refractivity contribution in [3.8, 4) is 0 Å². The Morgan fingerprint density at radius 2 is 2.05 bits per heavy atom. The number of nitrogens with zero attached hydrogens (tertiary/aromatic N) is 1. The quantitative estimate of drug-likeness (QED) is 0.862. The molecule has 1 aromatic rings. The second kappa shape index (κ2) is 7.72. The number of hydrogen-bond acceptors (Lipinski definition) is 4. The Hall–Kier alpha value is -1.43. The Labute approximate surface area is 132 Å². The highest BCUT2D eigenvalue weighted by molar-refractivity contribution is 5.81. The van der Waals surface area contributed by atoms with Crippen molar-refractivity contribution in [3.05, 3.63) is 35.9 Å². The van der Waals surface area contributed by atoms with Gasteiger partial charge in [-0.3, -0.25) is 9.69 Å². The molecule has 1 amide bonds. The summed E-state index contributed by atoms with van der Waals surface area (Å²) < 4.78 is 5.50. The van der Waals surface area contributed by atoms with Crippen LogP contribution in [-0.2, 0) is 16.1 Å². The van der Waals surface area contributed by atoms with Crippen LogP contribution in [0.2, 0.25) is 0 Å². The molecule has 5 nitrogen and oxygen atoms in total. The Balaban J connectivity index is 1.40. The summed E-state index contributed by atoms with van der Waals surface area (Å²) in [6, 6.07) is 10.8. The van der Waals surface area contributed by atoms with Gasteiger partial charge in [-0.15, -0.1) is 0 Å². The third-order valence-electron chi connectivity index (χ3n) is 4.40. The summed E-state index contributed by atoms with van der Waals surface area (Å²) in [5, 5.41) is 6.34. The lowest BCUT2D eigenvalue weighted by atomic mass is 10.0. The van der Waals surface area contributed by atoms with Crippen molar-refractivity contribution in [3.63, 3.8) is 0 Å². The van der Waals surface area contributed by atoms with E-state index in [9.17, 15) is 4.79 Å². The van der Waals surface area contributed by atoms with Crippen molar-refractivity contribution in [1.29, 1.82) is 0 Å². The molecule has 2 heterocycles. The first kappa shape index (κ1) is 15.5. The first-order chi connectivity index (χ1) is 10.8. The summed E-state index contributed by atoms with van der Waals surface area (Å²) in [6.45, 7) is 5.14. The van der Waals surface area contributed by atoms with Gasteiger partial charge in [0.1, 0.15) is 6.10 Å². The number of amides is 1. The van der Waals surface area contributed by atoms with Crippen LogP contribution in [-0.4, -0.2) is 55.7 Å². The number of rotatable bonds is 4. The van der Waals surface area contributed by atoms with E-state index in [1.54, 1.807) is 0 Å². The molecule has 2 N–H and O–H groups in total. The van der Waals surface area contributed by atoms with E-state index in [-0.39, 0.29) is 18.1 Å². The average molecular weight is 303 g/mol. The predicted octanol–water partition coefficient (Wildman–Crippen LogP) is 0.756. The molecule has 2 aliphatic rings. The molecular weight excluding hydrogens is 278 g/mol. The minimum atomic E-state index is -0.323. The van der Waals surface area contributed by atoms with Crippen LogP contribution in [0, 0.1) is 0 Å². The van der Waals surface area contributed by atoms with Gasteiger partial charge in [0.2, 0.25) is 0 Å². The molecule has 3 rings (SSSR count). The Morgan fingerprint density at radius 3 is 2.73 bits per heavy atom. The number of hydrogen-bond donors (Lipinski definition) is 2. The van der Waals surface area contributed by atoms with Crippen molar-refractivity contribution < 1.29 is 9.53 Å². The first-order valence-electron chi connectivity index (χ1n) is 8.20. The van der Waals surface area contributed by atoms with Crippen LogP contribution in [0.4, 0.5) is 0 Å². The molecule has 0 aromatic heterocycles. The van der Waals surface area contributed by atoms with Crippen LogP contribution in [0.15, 0.2) is 30.3 Å². The lowest BCUT2D eigenvalue weighted by Crippen LogP contribution is -2.52. The van der Waals surface area contributed by atoms with Crippen LogP contribution in [0.3, 0.4) is 0 Å². The minimum absolute atomic E-state index is 0.0358. The summed E-state index contributed by atoms with van der Waals surface area (Å²) in [5.74, 6) is 0.0358. The van der Waals surface area contributed by atoms with Gasteiger partial charge >= 0.3 is 0 Å². The maximum absolute atomic E-state index is 12.1. The summed E-state index contributed by atoms with van der Waals surface area (Å²) in [6.07, 6.45) is 1.70. The maximum atomic E-state index is 12.1. The standard InChI is InChI=1S/C17H25N3O2/c21-17(16-12-18-8-11-22-16)19-15-6-9-20(10-7-15)13-14-4-2-1-3-5-14/h1-5,15-16,18H,6-13H2,(H,19,21). The van der Waals surface area contributed by atoms with E-state index in [4.69, 9.17) is 4.74 Å². The zero-order chi connectivity index (χ0) is 15.2. The monoisotopic (exact) mass is 303 g/mol. The number of carbonyl (C=O) groups is 1. The summed E-state index contributed by atoms with van der Waals surface area (Å²) in [4.78, 5) is 14.6. The van der Waals surface area contributed by atoms with Crippen LogP contribution >= 0.6 is 0 Å². The van der Waals surface area contributed by atoms with Gasteiger partial charge in [-0.05, 0) is 18.4 Å². The summed E-state index contributed by atoms with van der Waals surface area (Å²) >= 11 is 0. The van der Waals surface area contributed by atoms with E-state index in [1.165, 1.54) is 5.56 Å². The molecule has 22 heavy (non-hydrogen) atoms. The normalized spacial score (nSPS) is 24.1. The largest absolute Gasteiger partial charge is 0.366 e. The highest BCUT2D eigenvalue weighted by atomic mass is 16.5. The number of nitrogens with one attached hydrogen (secondary N) is 2. The fraction of sp³-hybridized carbons (Fsp3) is 0.588. The van der Waals surface area contributed by atoms with Crippen LogP contribution in [0.25, 0.3) is 0 Å². The van der Waals surface area contributed by atoms with Gasteiger partial charge in [-0.2, -0.15) is 0 Å². The van der Waals surface area contributed by atoms with E-state index in [0.717, 1.165) is 39.0 Å². The van der Waals surface area contributed by atoms with Gasteiger partial charge < -0.3 is 15.4 Å². The lowest BCUT2D eigenvalue weighted by Gasteiger charge is -2.33. The Morgan fingerprint density at radius 1 is 1.27 bits per heavy atom. The first-order valence-corrected chi connectivity index (χ1v) is 8.20. The molecular formula is C17H25N3O2. The highest BCUT2D eigenvalue weighted by Gasteiger charge is 2.26. The van der Waals surface area contributed by atoms with Gasteiger partial charge in [0, 0.05) is 38.8 Å². The van der Waals surface area contributed by atoms with Gasteiger partial charge in [0.25, 0.3) is 5.91 Å². The van der Waals surface area contributed by atoms with Crippen molar-refractivity contribution >= 4 is 5.91 Å². The zero-order valence-corrected chi connectivity index (χ0v) is 13.0. The van der Waals surface area contributed by atoms with E-state index < -0.39 is 0 Å². The molecule has 2 saturated heterocycles. The number of benzene rings is 1. The van der Waals surface area contributed by atoms with E-state index in [2.05, 4.69) is 39.8 Å². The van der Waals surface area contributed by atoms with Crippen molar-refractivity contribution in [2.24, 2.45) is 0 Å². The fourth-order valence-corrected chi connectivity index (χ4v) is 3.10. The topological polar surface area (TPSA) is 53.6 Å². The number of ether oxygens (including phenoxy) is 1. The molecule has 0 aliphatic carbocycles. The van der Waals surface area contributed by atoms with Crippen molar-refractivity contribution in [2.45, 2.75) is 31.5 Å². The van der Waals surface area contributed by atoms with E-state index in [1.807, 2.05) is 6.07 Å². The molecule has 5 heteroatoms. The van der Waals surface area contributed by atoms with Gasteiger partial charge in [-0.25, -0.2) is 0 Å². The number of piperidine rings is 1. The zero-order valence-electron chi connectivity index (χ0n) is 13.0. The molecule has 0 saturated carbocycles. The van der Waals surface area contributed by atoms with Crippen LogP contribution < -0.4 is 10.6 Å². The summed E-state index contributed by atoms with van der Waals surface area (Å²) in [5.41, 5.74) is 1.35. The van der Waals surface area contributed by atoms with Crippen molar-refractivity contribution in [2.75, 3.05) is 32.8 Å². The third-order valence-corrected chi connectivity index (χ3v) is 4.40. The third kappa shape index (κ3) is 4.29. The molecule has 1 unspecified atom stereocenters. The van der Waals surface area contributed by atoms with Crippen LogP contribution in [0.5, 0.6) is 0 Å². The molecule has 1 aromatic carbocycles. The average Bonchev–Trinajstić information content (AvgIpc) is 2.58. The second-order valence-corrected chi connectivity index (χ2v) is 6.11. The molecule has 0 spiro atoms.